The number of hydrogen-bond donors (Lipinski definition) is 2. The molecule has 1 aromatic carbocycles. The minimum atomic E-state index is -0.666. The van der Waals surface area contributed by atoms with Crippen molar-refractivity contribution < 1.29 is 14.4 Å². The van der Waals surface area contributed by atoms with Gasteiger partial charge in [0.15, 0.2) is 0 Å². The second kappa shape index (κ2) is 5.97. The quantitative estimate of drug-likeness (QED) is 0.624. The third-order valence-corrected chi connectivity index (χ3v) is 4.12. The number of nitrogens with zero attached hydrogens (tertiary/aromatic N) is 1. The van der Waals surface area contributed by atoms with Crippen molar-refractivity contribution in [3.8, 4) is 0 Å². The van der Waals surface area contributed by atoms with Crippen LogP contribution in [0.2, 0.25) is 0 Å². The van der Waals surface area contributed by atoms with Crippen molar-refractivity contribution in [2.75, 3.05) is 7.05 Å². The van der Waals surface area contributed by atoms with E-state index in [2.05, 4.69) is 33.9 Å². The lowest BCUT2D eigenvalue weighted by Crippen LogP contribution is -2.52. The first kappa shape index (κ1) is 15.1. The fraction of sp³-hybridized carbons (Fsp3) is 0.308. The molecule has 1 N–H and O–H groups in total. The molecule has 1 atom stereocenters. The largest absolute Gasteiger partial charge is 0.340 e. The van der Waals surface area contributed by atoms with Crippen LogP contribution in [0.15, 0.2) is 27.6 Å². The summed E-state index contributed by atoms with van der Waals surface area (Å²) in [6.07, 6.45) is 0.576. The van der Waals surface area contributed by atoms with E-state index in [1.165, 1.54) is 7.05 Å². The molecule has 1 fully saturated rings. The van der Waals surface area contributed by atoms with E-state index in [0.29, 0.717) is 21.4 Å². The number of likely N-dealkylation sites (N-methyl/N-ethyl adjacent to an activating group) is 1. The number of hydrogen-bond acceptors (Lipinski definition) is 4. The molecule has 0 radical (unpaired) electrons. The van der Waals surface area contributed by atoms with Gasteiger partial charge in [0.2, 0.25) is 5.91 Å². The van der Waals surface area contributed by atoms with Crippen LogP contribution < -0.4 is 5.32 Å². The predicted molar refractivity (Wildman–Crippen MR) is 79.7 cm³/mol. The molecule has 0 bridgehead atoms. The lowest BCUT2D eigenvalue weighted by Gasteiger charge is -2.28. The molecular weight excluding hydrogens is 344 g/mol. The lowest BCUT2D eigenvalue weighted by molar-refractivity contribution is -0.147. The van der Waals surface area contributed by atoms with Crippen LogP contribution in [0.1, 0.15) is 23.2 Å². The van der Waals surface area contributed by atoms with E-state index in [4.69, 9.17) is 0 Å². The zero-order valence-electron chi connectivity index (χ0n) is 10.7. The molecule has 1 aromatic rings. The number of rotatable bonds is 2. The molecule has 1 heterocycles. The second-order valence-electron chi connectivity index (χ2n) is 4.52. The minimum Gasteiger partial charge on any atom is -0.340 e. The van der Waals surface area contributed by atoms with Gasteiger partial charge in [0.05, 0.1) is 5.56 Å². The third-order valence-electron chi connectivity index (χ3n) is 3.15. The molecule has 1 unspecified atom stereocenters. The van der Waals surface area contributed by atoms with Crippen LogP contribution in [0, 0.1) is 0 Å². The van der Waals surface area contributed by atoms with Crippen LogP contribution in [0.5, 0.6) is 0 Å². The van der Waals surface area contributed by atoms with E-state index in [0.717, 1.165) is 4.90 Å². The second-order valence-corrected chi connectivity index (χ2v) is 5.89. The smallest absolute Gasteiger partial charge is 0.253 e. The Labute approximate surface area is 130 Å². The van der Waals surface area contributed by atoms with Crippen LogP contribution in [0.4, 0.5) is 0 Å². The van der Waals surface area contributed by atoms with Gasteiger partial charge in [-0.1, -0.05) is 0 Å². The average Bonchev–Trinajstić information content (AvgIpc) is 2.42. The van der Waals surface area contributed by atoms with Gasteiger partial charge in [0.1, 0.15) is 6.04 Å². The number of likely N-dealkylation sites (tertiary alicyclic amines) is 1. The van der Waals surface area contributed by atoms with Gasteiger partial charge in [0, 0.05) is 22.8 Å². The molecule has 106 valence electrons. The SMILES string of the molecule is CN1C(=O)CCC(NC(=O)c2cc(S)ccc2Br)C1=O. The van der Waals surface area contributed by atoms with Gasteiger partial charge < -0.3 is 5.32 Å². The predicted octanol–water partition coefficient (Wildman–Crippen LogP) is 1.61. The van der Waals surface area contributed by atoms with Gasteiger partial charge in [-0.15, -0.1) is 12.6 Å². The number of halogens is 1. The molecule has 0 aromatic heterocycles. The zero-order chi connectivity index (χ0) is 14.9. The number of carbonyl (C=O) groups is 3. The number of piperidine rings is 1. The van der Waals surface area contributed by atoms with E-state index in [9.17, 15) is 14.4 Å². The standard InChI is InChI=1S/C13H13BrN2O3S/c1-16-11(17)5-4-10(13(16)19)15-12(18)8-6-7(20)2-3-9(8)14/h2-3,6,10,20H,4-5H2,1H3,(H,15,18). The number of benzene rings is 1. The van der Waals surface area contributed by atoms with Crippen LogP contribution in [0.25, 0.3) is 0 Å². The summed E-state index contributed by atoms with van der Waals surface area (Å²) in [5, 5.41) is 2.66. The Bertz CT molecular complexity index is 591. The third kappa shape index (κ3) is 3.04. The zero-order valence-corrected chi connectivity index (χ0v) is 13.2. The molecule has 0 aliphatic carbocycles. The van der Waals surface area contributed by atoms with Gasteiger partial charge in [-0.3, -0.25) is 19.3 Å². The molecule has 1 aliphatic rings. The molecule has 2 rings (SSSR count). The molecule has 1 saturated heterocycles. The van der Waals surface area contributed by atoms with Crippen LogP contribution in [-0.2, 0) is 9.59 Å². The fourth-order valence-electron chi connectivity index (χ4n) is 1.97. The first-order valence-corrected chi connectivity index (χ1v) is 7.24. The summed E-state index contributed by atoms with van der Waals surface area (Å²) >= 11 is 7.47. The van der Waals surface area contributed by atoms with E-state index in [1.807, 2.05) is 0 Å². The fourth-order valence-corrected chi connectivity index (χ4v) is 2.60. The number of imide groups is 1. The van der Waals surface area contributed by atoms with Crippen molar-refractivity contribution in [3.05, 3.63) is 28.2 Å². The molecule has 20 heavy (non-hydrogen) atoms. The molecule has 3 amide bonds. The monoisotopic (exact) mass is 356 g/mol. The van der Waals surface area contributed by atoms with E-state index < -0.39 is 6.04 Å². The van der Waals surface area contributed by atoms with Crippen LogP contribution >= 0.6 is 28.6 Å². The Kier molecular flexibility index (Phi) is 4.49. The number of nitrogens with one attached hydrogen (secondary N) is 1. The summed E-state index contributed by atoms with van der Waals surface area (Å²) in [4.78, 5) is 37.2. The molecule has 7 heteroatoms. The highest BCUT2D eigenvalue weighted by Crippen LogP contribution is 2.21. The maximum absolute atomic E-state index is 12.2. The van der Waals surface area contributed by atoms with Crippen LogP contribution in [-0.4, -0.2) is 35.7 Å². The highest BCUT2D eigenvalue weighted by molar-refractivity contribution is 9.10. The van der Waals surface area contributed by atoms with Gasteiger partial charge in [-0.05, 0) is 40.5 Å². The normalized spacial score (nSPS) is 19.1. The maximum atomic E-state index is 12.2. The maximum Gasteiger partial charge on any atom is 0.253 e. The summed E-state index contributed by atoms with van der Waals surface area (Å²) < 4.78 is 0.625. The first-order chi connectivity index (χ1) is 9.40. The van der Waals surface area contributed by atoms with Crippen molar-refractivity contribution in [2.45, 2.75) is 23.8 Å². The number of carbonyl (C=O) groups excluding carboxylic acids is 3. The molecule has 5 nitrogen and oxygen atoms in total. The molecule has 0 saturated carbocycles. The van der Waals surface area contributed by atoms with E-state index >= 15 is 0 Å². The van der Waals surface area contributed by atoms with Crippen LogP contribution in [0.3, 0.4) is 0 Å². The molecule has 1 aliphatic heterocycles. The Morgan fingerprint density at radius 2 is 2.15 bits per heavy atom. The van der Waals surface area contributed by atoms with Gasteiger partial charge >= 0.3 is 0 Å². The Balaban J connectivity index is 2.14. The summed E-state index contributed by atoms with van der Waals surface area (Å²) in [7, 11) is 1.42. The Morgan fingerprint density at radius 1 is 1.45 bits per heavy atom. The summed E-state index contributed by atoms with van der Waals surface area (Å²) in [5.41, 5.74) is 0.407. The Hall–Kier alpha value is -1.34. The topological polar surface area (TPSA) is 66.5 Å². The average molecular weight is 357 g/mol. The van der Waals surface area contributed by atoms with Gasteiger partial charge in [-0.25, -0.2) is 0 Å². The van der Waals surface area contributed by atoms with Crippen molar-refractivity contribution in [3.63, 3.8) is 0 Å². The van der Waals surface area contributed by atoms with E-state index in [1.54, 1.807) is 18.2 Å². The first-order valence-electron chi connectivity index (χ1n) is 6.00. The summed E-state index contributed by atoms with van der Waals surface area (Å²) in [6.45, 7) is 0. The van der Waals surface area contributed by atoms with Gasteiger partial charge in [0.25, 0.3) is 11.8 Å². The van der Waals surface area contributed by atoms with Crippen molar-refractivity contribution in [1.82, 2.24) is 10.2 Å². The van der Waals surface area contributed by atoms with E-state index in [-0.39, 0.29) is 24.1 Å². The Morgan fingerprint density at radius 3 is 2.85 bits per heavy atom. The van der Waals surface area contributed by atoms with Crippen molar-refractivity contribution in [1.29, 1.82) is 0 Å². The highest BCUT2D eigenvalue weighted by Gasteiger charge is 2.33. The highest BCUT2D eigenvalue weighted by atomic mass is 79.9. The van der Waals surface area contributed by atoms with Crippen molar-refractivity contribution in [2.24, 2.45) is 0 Å². The lowest BCUT2D eigenvalue weighted by atomic mass is 10.0. The summed E-state index contributed by atoms with van der Waals surface area (Å²) in [5.74, 6) is -0.972. The minimum absolute atomic E-state index is 0.223. The molecule has 0 spiro atoms. The summed E-state index contributed by atoms with van der Waals surface area (Å²) in [6, 6.07) is 4.42. The molecular formula is C13H13BrN2O3S. The number of thiol groups is 1. The van der Waals surface area contributed by atoms with Gasteiger partial charge in [-0.2, -0.15) is 0 Å². The van der Waals surface area contributed by atoms with Crippen molar-refractivity contribution >= 4 is 46.3 Å². The number of amides is 3.